The Kier molecular flexibility index (Phi) is 6.24. The molecular formula is C26H29N3O4S. The number of rotatable bonds is 5. The zero-order chi connectivity index (χ0) is 23.9. The molecule has 3 unspecified atom stereocenters. The van der Waals surface area contributed by atoms with Gasteiger partial charge in [0.05, 0.1) is 19.3 Å². The molecule has 7 nitrogen and oxygen atoms in total. The zero-order valence-corrected chi connectivity index (χ0v) is 20.2. The van der Waals surface area contributed by atoms with Crippen LogP contribution in [0, 0.1) is 0 Å². The van der Waals surface area contributed by atoms with E-state index in [-0.39, 0.29) is 11.9 Å². The quantitative estimate of drug-likeness (QED) is 0.661. The van der Waals surface area contributed by atoms with Crippen LogP contribution in [-0.2, 0) is 20.1 Å². The van der Waals surface area contributed by atoms with Crippen LogP contribution in [-0.4, -0.2) is 69.8 Å². The Labute approximate surface area is 203 Å². The lowest BCUT2D eigenvalue weighted by Gasteiger charge is -2.57. The molecule has 2 aromatic carbocycles. The second-order valence-corrected chi connectivity index (χ2v) is 9.90. The molecule has 178 valence electrons. The fourth-order valence-corrected chi connectivity index (χ4v) is 6.19. The smallest absolute Gasteiger partial charge is 0.254 e. The largest absolute Gasteiger partial charge is 0.382 e. The van der Waals surface area contributed by atoms with Gasteiger partial charge in [0.25, 0.3) is 5.91 Å². The van der Waals surface area contributed by atoms with E-state index in [4.69, 9.17) is 4.74 Å². The van der Waals surface area contributed by atoms with Crippen LogP contribution in [0.5, 0.6) is 0 Å². The molecule has 0 aromatic heterocycles. The summed E-state index contributed by atoms with van der Waals surface area (Å²) in [7, 11) is 0. The van der Waals surface area contributed by atoms with E-state index in [2.05, 4.69) is 29.3 Å². The number of thioether (sulfide) groups is 1. The molecule has 3 aliphatic heterocycles. The lowest BCUT2D eigenvalue weighted by Crippen LogP contribution is -2.75. The van der Waals surface area contributed by atoms with Crippen LogP contribution in [0.1, 0.15) is 36.6 Å². The van der Waals surface area contributed by atoms with Crippen molar-refractivity contribution in [2.45, 2.75) is 42.2 Å². The van der Waals surface area contributed by atoms with Gasteiger partial charge in [-0.05, 0) is 36.6 Å². The van der Waals surface area contributed by atoms with Gasteiger partial charge in [0.1, 0.15) is 6.10 Å². The Bertz CT molecular complexity index is 1090. The summed E-state index contributed by atoms with van der Waals surface area (Å²) in [5.74, 6) is 0.104. The molecule has 0 spiro atoms. The molecule has 8 heteroatoms. The fourth-order valence-electron chi connectivity index (χ4n) is 5.10. The summed E-state index contributed by atoms with van der Waals surface area (Å²) in [5, 5.41) is 14.9. The third kappa shape index (κ3) is 3.65. The highest BCUT2D eigenvalue weighted by atomic mass is 32.2. The number of aliphatic hydroxyl groups excluding tert-OH is 1. The van der Waals surface area contributed by atoms with Gasteiger partial charge in [-0.1, -0.05) is 42.5 Å². The summed E-state index contributed by atoms with van der Waals surface area (Å²) < 4.78 is 5.54. The number of benzene rings is 2. The SMILES string of the molecule is CCOCCN1CN(C2c3ccccc3CSc3ccccc32)N2C=CC(=O)C(O)C2(C)C1=O. The summed E-state index contributed by atoms with van der Waals surface area (Å²) in [4.78, 5) is 29.1. The number of hydrogen-bond acceptors (Lipinski definition) is 7. The van der Waals surface area contributed by atoms with E-state index < -0.39 is 17.4 Å². The van der Waals surface area contributed by atoms with Crippen LogP contribution in [0.2, 0.25) is 0 Å². The molecule has 0 aliphatic carbocycles. The maximum absolute atomic E-state index is 13.7. The molecule has 34 heavy (non-hydrogen) atoms. The summed E-state index contributed by atoms with van der Waals surface area (Å²) in [6.07, 6.45) is 1.55. The number of fused-ring (bicyclic) bond motifs is 3. The maximum Gasteiger partial charge on any atom is 0.254 e. The predicted molar refractivity (Wildman–Crippen MR) is 130 cm³/mol. The van der Waals surface area contributed by atoms with E-state index in [0.29, 0.717) is 26.4 Å². The van der Waals surface area contributed by atoms with Crippen LogP contribution < -0.4 is 0 Å². The predicted octanol–water partition coefficient (Wildman–Crippen LogP) is 2.95. The van der Waals surface area contributed by atoms with Crippen molar-refractivity contribution in [3.05, 3.63) is 77.5 Å². The van der Waals surface area contributed by atoms with Gasteiger partial charge in [0.2, 0.25) is 0 Å². The Hall–Kier alpha value is -2.65. The minimum atomic E-state index is -1.46. The molecule has 1 saturated heterocycles. The highest BCUT2D eigenvalue weighted by Crippen LogP contribution is 2.46. The molecule has 3 atom stereocenters. The van der Waals surface area contributed by atoms with Crippen LogP contribution in [0.25, 0.3) is 0 Å². The number of carbonyl (C=O) groups excluding carboxylic acids is 2. The van der Waals surface area contributed by atoms with Gasteiger partial charge in [-0.15, -0.1) is 11.8 Å². The third-order valence-corrected chi connectivity index (χ3v) is 8.06. The minimum absolute atomic E-state index is 0.200. The lowest BCUT2D eigenvalue weighted by molar-refractivity contribution is -0.208. The number of hydrogen-bond donors (Lipinski definition) is 1. The number of aliphatic hydroxyl groups is 1. The van der Waals surface area contributed by atoms with Crippen molar-refractivity contribution in [3.63, 3.8) is 0 Å². The van der Waals surface area contributed by atoms with Gasteiger partial charge in [-0.2, -0.15) is 5.01 Å². The van der Waals surface area contributed by atoms with Gasteiger partial charge in [0, 0.05) is 36.1 Å². The number of amides is 1. The Balaban J connectivity index is 1.67. The number of hydrazine groups is 1. The van der Waals surface area contributed by atoms with E-state index in [1.807, 2.05) is 31.2 Å². The van der Waals surface area contributed by atoms with Gasteiger partial charge >= 0.3 is 0 Å². The second kappa shape index (κ2) is 9.19. The van der Waals surface area contributed by atoms with Crippen LogP contribution >= 0.6 is 11.8 Å². The normalized spacial score (nSPS) is 26.7. The van der Waals surface area contributed by atoms with Crippen molar-refractivity contribution in [3.8, 4) is 0 Å². The topological polar surface area (TPSA) is 73.3 Å². The van der Waals surface area contributed by atoms with E-state index in [1.165, 1.54) is 16.5 Å². The van der Waals surface area contributed by atoms with E-state index >= 15 is 0 Å². The molecule has 0 bridgehead atoms. The molecule has 0 radical (unpaired) electrons. The first-order valence-corrected chi connectivity index (χ1v) is 12.6. The third-order valence-electron chi connectivity index (χ3n) is 6.92. The van der Waals surface area contributed by atoms with Crippen molar-refractivity contribution in [1.29, 1.82) is 0 Å². The van der Waals surface area contributed by atoms with Crippen molar-refractivity contribution in [2.24, 2.45) is 0 Å². The molecule has 5 rings (SSSR count). The first-order valence-electron chi connectivity index (χ1n) is 11.6. The monoisotopic (exact) mass is 479 g/mol. The first kappa shape index (κ1) is 23.1. The maximum atomic E-state index is 13.7. The zero-order valence-electron chi connectivity index (χ0n) is 19.4. The summed E-state index contributed by atoms with van der Waals surface area (Å²) >= 11 is 1.80. The van der Waals surface area contributed by atoms with Gasteiger partial charge < -0.3 is 14.7 Å². The van der Waals surface area contributed by atoms with Crippen LogP contribution in [0.4, 0.5) is 0 Å². The van der Waals surface area contributed by atoms with Crippen LogP contribution in [0.15, 0.2) is 65.7 Å². The Morgan fingerprint density at radius 2 is 1.85 bits per heavy atom. The Morgan fingerprint density at radius 3 is 2.65 bits per heavy atom. The molecular weight excluding hydrogens is 450 g/mol. The highest BCUT2D eigenvalue weighted by Gasteiger charge is 2.57. The minimum Gasteiger partial charge on any atom is -0.382 e. The number of ether oxygens (including phenoxy) is 1. The van der Waals surface area contributed by atoms with E-state index in [0.717, 1.165) is 16.9 Å². The van der Waals surface area contributed by atoms with Crippen molar-refractivity contribution in [2.75, 3.05) is 26.4 Å². The molecule has 3 aliphatic rings. The van der Waals surface area contributed by atoms with E-state index in [9.17, 15) is 14.7 Å². The number of ketones is 1. The molecule has 1 amide bonds. The molecule has 3 heterocycles. The standard InChI is InChI=1S/C26H29N3O4S/c1-3-33-15-14-27-17-28(29-13-12-21(30)24(31)26(29,2)25(27)32)23-19-9-5-4-8-18(19)16-34-22-11-7-6-10-20(22)23/h4-13,23-24,31H,3,14-17H2,1-2H3. The molecule has 1 N–H and O–H groups in total. The Morgan fingerprint density at radius 1 is 1.12 bits per heavy atom. The summed E-state index contributed by atoms with van der Waals surface area (Å²) in [6.45, 7) is 5.20. The summed E-state index contributed by atoms with van der Waals surface area (Å²) in [5.41, 5.74) is 2.07. The van der Waals surface area contributed by atoms with Gasteiger partial charge in [-0.25, -0.2) is 0 Å². The average Bonchev–Trinajstić information content (AvgIpc) is 3.01. The van der Waals surface area contributed by atoms with Gasteiger partial charge in [-0.3, -0.25) is 14.6 Å². The fraction of sp³-hybridized carbons (Fsp3) is 0.385. The second-order valence-electron chi connectivity index (χ2n) is 8.89. The average molecular weight is 480 g/mol. The first-order chi connectivity index (χ1) is 16.5. The van der Waals surface area contributed by atoms with Gasteiger partial charge in [0.15, 0.2) is 11.3 Å². The lowest BCUT2D eigenvalue weighted by atomic mass is 9.85. The number of carbonyl (C=O) groups is 2. The molecule has 0 saturated carbocycles. The van der Waals surface area contributed by atoms with Crippen molar-refractivity contribution >= 4 is 23.5 Å². The van der Waals surface area contributed by atoms with E-state index in [1.54, 1.807) is 34.8 Å². The number of nitrogens with zero attached hydrogens (tertiary/aromatic N) is 3. The summed E-state index contributed by atoms with van der Waals surface area (Å²) in [6, 6.07) is 16.5. The molecule has 1 fully saturated rings. The molecule has 2 aromatic rings. The van der Waals surface area contributed by atoms with Crippen molar-refractivity contribution < 1.29 is 19.4 Å². The highest BCUT2D eigenvalue weighted by molar-refractivity contribution is 7.98. The van der Waals surface area contributed by atoms with Crippen LogP contribution in [0.3, 0.4) is 0 Å². The van der Waals surface area contributed by atoms with Crippen molar-refractivity contribution in [1.82, 2.24) is 14.9 Å².